The van der Waals surface area contributed by atoms with E-state index in [0.717, 1.165) is 5.92 Å². The second-order valence-corrected chi connectivity index (χ2v) is 4.69. The molecule has 0 saturated heterocycles. The normalized spacial score (nSPS) is 15.5. The van der Waals surface area contributed by atoms with Gasteiger partial charge in [0.1, 0.15) is 0 Å². The molecule has 68 valence electrons. The van der Waals surface area contributed by atoms with Crippen molar-refractivity contribution < 1.29 is 0 Å². The van der Waals surface area contributed by atoms with Crippen molar-refractivity contribution in [3.05, 3.63) is 0 Å². The molecule has 0 aromatic rings. The summed E-state index contributed by atoms with van der Waals surface area (Å²) in [7, 11) is 0. The summed E-state index contributed by atoms with van der Waals surface area (Å²) in [6, 6.07) is 0. The van der Waals surface area contributed by atoms with Gasteiger partial charge in [-0.3, -0.25) is 0 Å². The van der Waals surface area contributed by atoms with Gasteiger partial charge in [0.2, 0.25) is 0 Å². The average molecular weight is 157 g/mol. The van der Waals surface area contributed by atoms with Crippen LogP contribution in [0, 0.1) is 11.8 Å². The van der Waals surface area contributed by atoms with Crippen molar-refractivity contribution in [1.82, 2.24) is 0 Å². The van der Waals surface area contributed by atoms with E-state index in [1.807, 2.05) is 0 Å². The smallest absolute Gasteiger partial charge is 0.0123 e. The minimum atomic E-state index is -0.00507. The van der Waals surface area contributed by atoms with E-state index in [1.165, 1.54) is 12.8 Å². The lowest BCUT2D eigenvalue weighted by Crippen LogP contribution is -2.39. The van der Waals surface area contributed by atoms with Crippen LogP contribution in [0.5, 0.6) is 0 Å². The van der Waals surface area contributed by atoms with Crippen LogP contribution in [-0.2, 0) is 0 Å². The molecule has 0 rings (SSSR count). The van der Waals surface area contributed by atoms with Crippen LogP contribution in [0.2, 0.25) is 0 Å². The third kappa shape index (κ3) is 5.25. The largest absolute Gasteiger partial charge is 0.325 e. The highest BCUT2D eigenvalue weighted by Gasteiger charge is 2.19. The molecule has 0 radical (unpaired) electrons. The number of rotatable bonds is 4. The molecule has 0 saturated carbocycles. The van der Waals surface area contributed by atoms with Gasteiger partial charge in [-0.05, 0) is 32.1 Å². The van der Waals surface area contributed by atoms with Crippen molar-refractivity contribution in [3.8, 4) is 0 Å². The topological polar surface area (TPSA) is 26.0 Å². The molecule has 0 aliphatic carbocycles. The Morgan fingerprint density at radius 1 is 1.09 bits per heavy atom. The molecule has 0 amide bonds. The molecule has 1 nitrogen and oxygen atoms in total. The molecule has 1 heteroatoms. The standard InChI is InChI=1S/C10H23N/c1-8(2)6-7-9(3)10(4,5)11/h8-9H,6-7,11H2,1-5H3. The van der Waals surface area contributed by atoms with Crippen molar-refractivity contribution in [1.29, 1.82) is 0 Å². The van der Waals surface area contributed by atoms with Gasteiger partial charge in [-0.25, -0.2) is 0 Å². The summed E-state index contributed by atoms with van der Waals surface area (Å²) in [5, 5.41) is 0. The molecule has 0 fully saturated rings. The summed E-state index contributed by atoms with van der Waals surface area (Å²) in [6.07, 6.45) is 2.54. The van der Waals surface area contributed by atoms with Gasteiger partial charge < -0.3 is 5.73 Å². The van der Waals surface area contributed by atoms with E-state index in [2.05, 4.69) is 34.6 Å². The summed E-state index contributed by atoms with van der Waals surface area (Å²) in [4.78, 5) is 0. The summed E-state index contributed by atoms with van der Waals surface area (Å²) in [5.41, 5.74) is 5.96. The lowest BCUT2D eigenvalue weighted by Gasteiger charge is -2.27. The molecule has 0 aromatic heterocycles. The molecule has 0 aliphatic heterocycles. The highest BCUT2D eigenvalue weighted by atomic mass is 14.7. The van der Waals surface area contributed by atoms with Crippen LogP contribution in [0.1, 0.15) is 47.5 Å². The highest BCUT2D eigenvalue weighted by molar-refractivity contribution is 4.78. The molecule has 0 spiro atoms. The molecule has 0 aromatic carbocycles. The van der Waals surface area contributed by atoms with Gasteiger partial charge in [-0.2, -0.15) is 0 Å². The first-order chi connectivity index (χ1) is 4.84. The predicted octanol–water partition coefficient (Wildman–Crippen LogP) is 2.80. The first kappa shape index (κ1) is 11.0. The minimum Gasteiger partial charge on any atom is -0.325 e. The van der Waals surface area contributed by atoms with E-state index in [-0.39, 0.29) is 5.54 Å². The van der Waals surface area contributed by atoms with Crippen LogP contribution in [-0.4, -0.2) is 5.54 Å². The Balaban J connectivity index is 3.61. The zero-order valence-corrected chi connectivity index (χ0v) is 8.65. The molecule has 1 unspecified atom stereocenters. The van der Waals surface area contributed by atoms with Crippen LogP contribution in [0.15, 0.2) is 0 Å². The van der Waals surface area contributed by atoms with Crippen LogP contribution in [0.4, 0.5) is 0 Å². The fourth-order valence-electron chi connectivity index (χ4n) is 0.955. The Hall–Kier alpha value is -0.0400. The van der Waals surface area contributed by atoms with Crippen molar-refractivity contribution in [3.63, 3.8) is 0 Å². The second-order valence-electron chi connectivity index (χ2n) is 4.69. The summed E-state index contributed by atoms with van der Waals surface area (Å²) in [5.74, 6) is 1.43. The lowest BCUT2D eigenvalue weighted by molar-refractivity contribution is 0.306. The molecule has 0 bridgehead atoms. The first-order valence-electron chi connectivity index (χ1n) is 4.63. The fraction of sp³-hybridized carbons (Fsp3) is 1.00. The lowest BCUT2D eigenvalue weighted by atomic mass is 9.85. The zero-order valence-electron chi connectivity index (χ0n) is 8.65. The molecule has 0 heterocycles. The summed E-state index contributed by atoms with van der Waals surface area (Å²) in [6.45, 7) is 11.0. The van der Waals surface area contributed by atoms with Crippen LogP contribution >= 0.6 is 0 Å². The van der Waals surface area contributed by atoms with Crippen LogP contribution in [0.25, 0.3) is 0 Å². The second kappa shape index (κ2) is 4.10. The minimum absolute atomic E-state index is 0.00507. The molecule has 1 atom stereocenters. The van der Waals surface area contributed by atoms with Crippen molar-refractivity contribution in [2.24, 2.45) is 17.6 Å². The first-order valence-corrected chi connectivity index (χ1v) is 4.63. The highest BCUT2D eigenvalue weighted by Crippen LogP contribution is 2.20. The summed E-state index contributed by atoms with van der Waals surface area (Å²) >= 11 is 0. The Morgan fingerprint density at radius 2 is 1.55 bits per heavy atom. The van der Waals surface area contributed by atoms with E-state index < -0.39 is 0 Å². The van der Waals surface area contributed by atoms with E-state index in [9.17, 15) is 0 Å². The maximum Gasteiger partial charge on any atom is 0.0123 e. The SMILES string of the molecule is CC(C)CCC(C)C(C)(C)N. The predicted molar refractivity (Wildman–Crippen MR) is 51.5 cm³/mol. The van der Waals surface area contributed by atoms with Gasteiger partial charge in [0, 0.05) is 5.54 Å². The zero-order chi connectivity index (χ0) is 9.07. The van der Waals surface area contributed by atoms with Crippen molar-refractivity contribution in [2.45, 2.75) is 53.0 Å². The van der Waals surface area contributed by atoms with Crippen molar-refractivity contribution in [2.75, 3.05) is 0 Å². The quantitative estimate of drug-likeness (QED) is 0.667. The Bertz CT molecular complexity index is 99.9. The Labute approximate surface area is 71.4 Å². The van der Waals surface area contributed by atoms with E-state index in [1.54, 1.807) is 0 Å². The van der Waals surface area contributed by atoms with Crippen LogP contribution < -0.4 is 5.73 Å². The van der Waals surface area contributed by atoms with Gasteiger partial charge in [0.15, 0.2) is 0 Å². The Kier molecular flexibility index (Phi) is 4.09. The van der Waals surface area contributed by atoms with E-state index in [4.69, 9.17) is 5.73 Å². The molecule has 11 heavy (non-hydrogen) atoms. The van der Waals surface area contributed by atoms with Gasteiger partial charge in [-0.15, -0.1) is 0 Å². The third-order valence-electron chi connectivity index (χ3n) is 2.45. The van der Waals surface area contributed by atoms with Gasteiger partial charge in [0.25, 0.3) is 0 Å². The monoisotopic (exact) mass is 157 g/mol. The van der Waals surface area contributed by atoms with Crippen LogP contribution in [0.3, 0.4) is 0 Å². The maximum absolute atomic E-state index is 5.97. The Morgan fingerprint density at radius 3 is 1.82 bits per heavy atom. The number of hydrogen-bond donors (Lipinski definition) is 1. The number of nitrogens with two attached hydrogens (primary N) is 1. The third-order valence-corrected chi connectivity index (χ3v) is 2.45. The summed E-state index contributed by atoms with van der Waals surface area (Å²) < 4.78 is 0. The van der Waals surface area contributed by atoms with Gasteiger partial charge >= 0.3 is 0 Å². The average Bonchev–Trinajstić information content (AvgIpc) is 1.80. The molecular formula is C10H23N. The number of hydrogen-bond acceptors (Lipinski definition) is 1. The van der Waals surface area contributed by atoms with Crippen molar-refractivity contribution >= 4 is 0 Å². The van der Waals surface area contributed by atoms with Gasteiger partial charge in [-0.1, -0.05) is 27.2 Å². The molecule has 2 N–H and O–H groups in total. The maximum atomic E-state index is 5.97. The molecule has 0 aliphatic rings. The van der Waals surface area contributed by atoms with Gasteiger partial charge in [0.05, 0.1) is 0 Å². The van der Waals surface area contributed by atoms with E-state index >= 15 is 0 Å². The molecular weight excluding hydrogens is 134 g/mol. The fourth-order valence-corrected chi connectivity index (χ4v) is 0.955. The van der Waals surface area contributed by atoms with E-state index in [0.29, 0.717) is 5.92 Å².